The van der Waals surface area contributed by atoms with Crippen LogP contribution in [0.2, 0.25) is 0 Å². The minimum Gasteiger partial charge on any atom is -0.362 e. The van der Waals surface area contributed by atoms with Gasteiger partial charge in [-0.2, -0.15) is 0 Å². The lowest BCUT2D eigenvalue weighted by molar-refractivity contribution is 0.635. The van der Waals surface area contributed by atoms with Crippen molar-refractivity contribution >= 4 is 5.82 Å². The molecule has 1 atom stereocenters. The molecule has 1 heterocycles. The Morgan fingerprint density at radius 3 is 2.79 bits per heavy atom. The van der Waals surface area contributed by atoms with Gasteiger partial charge in [-0.25, -0.2) is 4.98 Å². The van der Waals surface area contributed by atoms with Crippen LogP contribution >= 0.6 is 0 Å². The number of pyridine rings is 1. The Morgan fingerprint density at radius 1 is 1.50 bits per heavy atom. The maximum absolute atomic E-state index is 6.08. The van der Waals surface area contributed by atoms with Gasteiger partial charge in [0.25, 0.3) is 0 Å². The van der Waals surface area contributed by atoms with Gasteiger partial charge in [0.1, 0.15) is 5.82 Å². The molecule has 78 valence electrons. The monoisotopic (exact) mass is 193 g/mol. The maximum Gasteiger partial charge on any atom is 0.132 e. The third-order valence-electron chi connectivity index (χ3n) is 2.24. The van der Waals surface area contributed by atoms with E-state index in [-0.39, 0.29) is 6.04 Å². The molecule has 0 aromatic carbocycles. The molecule has 1 aromatic heterocycles. The van der Waals surface area contributed by atoms with Gasteiger partial charge < -0.3 is 10.6 Å². The van der Waals surface area contributed by atoms with Gasteiger partial charge in [0.15, 0.2) is 0 Å². The molecule has 0 bridgehead atoms. The third-order valence-corrected chi connectivity index (χ3v) is 2.24. The summed E-state index contributed by atoms with van der Waals surface area (Å²) in [5.41, 5.74) is 7.22. The Bertz CT molecular complexity index is 284. The summed E-state index contributed by atoms with van der Waals surface area (Å²) >= 11 is 0. The van der Waals surface area contributed by atoms with Crippen LogP contribution in [0.1, 0.15) is 31.4 Å². The SMILES string of the molecule is CCC[C@@H](N)c1cccnc1N(C)C. The van der Waals surface area contributed by atoms with E-state index >= 15 is 0 Å². The van der Waals surface area contributed by atoms with Crippen molar-refractivity contribution in [2.75, 3.05) is 19.0 Å². The molecule has 2 N–H and O–H groups in total. The zero-order valence-corrected chi connectivity index (χ0v) is 9.20. The summed E-state index contributed by atoms with van der Waals surface area (Å²) in [5.74, 6) is 0.980. The smallest absolute Gasteiger partial charge is 0.132 e. The summed E-state index contributed by atoms with van der Waals surface area (Å²) in [4.78, 5) is 6.33. The molecule has 0 aliphatic rings. The van der Waals surface area contributed by atoms with Crippen LogP contribution in [0.3, 0.4) is 0 Å². The lowest BCUT2D eigenvalue weighted by atomic mass is 10.0. The van der Waals surface area contributed by atoms with Crippen LogP contribution in [0, 0.1) is 0 Å². The average Bonchev–Trinajstić information content (AvgIpc) is 2.18. The van der Waals surface area contributed by atoms with Gasteiger partial charge in [-0.1, -0.05) is 19.4 Å². The van der Waals surface area contributed by atoms with Crippen LogP contribution in [-0.4, -0.2) is 19.1 Å². The Hall–Kier alpha value is -1.09. The van der Waals surface area contributed by atoms with Gasteiger partial charge >= 0.3 is 0 Å². The average molecular weight is 193 g/mol. The second-order valence-corrected chi connectivity index (χ2v) is 3.71. The van der Waals surface area contributed by atoms with E-state index in [2.05, 4.69) is 18.0 Å². The van der Waals surface area contributed by atoms with E-state index < -0.39 is 0 Å². The molecule has 0 aliphatic carbocycles. The molecule has 0 unspecified atom stereocenters. The van der Waals surface area contributed by atoms with Gasteiger partial charge in [0, 0.05) is 31.9 Å². The molecular formula is C11H19N3. The van der Waals surface area contributed by atoms with E-state index in [0.717, 1.165) is 24.2 Å². The highest BCUT2D eigenvalue weighted by molar-refractivity contribution is 5.46. The van der Waals surface area contributed by atoms with E-state index in [4.69, 9.17) is 5.73 Å². The number of hydrogen-bond acceptors (Lipinski definition) is 3. The predicted octanol–water partition coefficient (Wildman–Crippen LogP) is 1.95. The Morgan fingerprint density at radius 2 is 2.21 bits per heavy atom. The summed E-state index contributed by atoms with van der Waals surface area (Å²) in [6.07, 6.45) is 3.91. The van der Waals surface area contributed by atoms with Gasteiger partial charge in [0.2, 0.25) is 0 Å². The van der Waals surface area contributed by atoms with Gasteiger partial charge in [-0.15, -0.1) is 0 Å². The topological polar surface area (TPSA) is 42.1 Å². The number of nitrogens with two attached hydrogens (primary N) is 1. The summed E-state index contributed by atoms with van der Waals surface area (Å²) < 4.78 is 0. The van der Waals surface area contributed by atoms with Crippen LogP contribution in [0.4, 0.5) is 5.82 Å². The molecule has 14 heavy (non-hydrogen) atoms. The predicted molar refractivity (Wildman–Crippen MR) is 60.4 cm³/mol. The van der Waals surface area contributed by atoms with Crippen molar-refractivity contribution in [3.05, 3.63) is 23.9 Å². The maximum atomic E-state index is 6.08. The van der Waals surface area contributed by atoms with Crippen LogP contribution in [0.25, 0.3) is 0 Å². The molecule has 3 nitrogen and oxygen atoms in total. The van der Waals surface area contributed by atoms with Crippen molar-refractivity contribution < 1.29 is 0 Å². The van der Waals surface area contributed by atoms with Crippen molar-refractivity contribution in [2.24, 2.45) is 5.73 Å². The third kappa shape index (κ3) is 2.45. The molecule has 0 saturated heterocycles. The zero-order chi connectivity index (χ0) is 10.6. The van der Waals surface area contributed by atoms with Crippen LogP contribution in [-0.2, 0) is 0 Å². The van der Waals surface area contributed by atoms with Gasteiger partial charge in [-0.05, 0) is 12.5 Å². The molecule has 0 aliphatic heterocycles. The van der Waals surface area contributed by atoms with Gasteiger partial charge in [0.05, 0.1) is 0 Å². The summed E-state index contributed by atoms with van der Waals surface area (Å²) in [6, 6.07) is 4.10. The highest BCUT2D eigenvalue weighted by Crippen LogP contribution is 2.23. The van der Waals surface area contributed by atoms with E-state index in [9.17, 15) is 0 Å². The number of nitrogens with zero attached hydrogens (tertiary/aromatic N) is 2. The molecule has 1 rings (SSSR count). The van der Waals surface area contributed by atoms with Crippen molar-refractivity contribution in [3.63, 3.8) is 0 Å². The molecule has 0 radical (unpaired) electrons. The molecule has 1 aromatic rings. The molecule has 0 spiro atoms. The number of anilines is 1. The largest absolute Gasteiger partial charge is 0.362 e. The first kappa shape index (κ1) is 11.0. The van der Waals surface area contributed by atoms with Crippen LogP contribution in [0.15, 0.2) is 18.3 Å². The number of aromatic nitrogens is 1. The quantitative estimate of drug-likeness (QED) is 0.794. The summed E-state index contributed by atoms with van der Waals surface area (Å²) in [5, 5.41) is 0. The van der Waals surface area contributed by atoms with Crippen LogP contribution in [0.5, 0.6) is 0 Å². The Kier molecular flexibility index (Phi) is 3.89. The van der Waals surface area contributed by atoms with Crippen molar-refractivity contribution in [2.45, 2.75) is 25.8 Å². The fourth-order valence-corrected chi connectivity index (χ4v) is 1.54. The lowest BCUT2D eigenvalue weighted by Crippen LogP contribution is -2.18. The number of rotatable bonds is 4. The van der Waals surface area contributed by atoms with E-state index in [0.29, 0.717) is 0 Å². The minimum absolute atomic E-state index is 0.103. The second-order valence-electron chi connectivity index (χ2n) is 3.71. The summed E-state index contributed by atoms with van der Waals surface area (Å²) in [7, 11) is 3.98. The highest BCUT2D eigenvalue weighted by atomic mass is 15.1. The van der Waals surface area contributed by atoms with E-state index in [1.54, 1.807) is 6.20 Å². The Labute approximate surface area is 85.9 Å². The zero-order valence-electron chi connectivity index (χ0n) is 9.20. The van der Waals surface area contributed by atoms with Crippen molar-refractivity contribution in [3.8, 4) is 0 Å². The first-order valence-electron chi connectivity index (χ1n) is 5.04. The van der Waals surface area contributed by atoms with E-state index in [1.165, 1.54) is 0 Å². The van der Waals surface area contributed by atoms with Gasteiger partial charge in [-0.3, -0.25) is 0 Å². The normalized spacial score (nSPS) is 12.6. The molecule has 0 amide bonds. The highest BCUT2D eigenvalue weighted by Gasteiger charge is 2.11. The fraction of sp³-hybridized carbons (Fsp3) is 0.545. The molecular weight excluding hydrogens is 174 g/mol. The fourth-order valence-electron chi connectivity index (χ4n) is 1.54. The van der Waals surface area contributed by atoms with Crippen LogP contribution < -0.4 is 10.6 Å². The number of hydrogen-bond donors (Lipinski definition) is 1. The standard InChI is InChI=1S/C11H19N3/c1-4-6-10(12)9-7-5-8-13-11(9)14(2)3/h5,7-8,10H,4,6,12H2,1-3H3/t10-/m1/s1. The molecule has 0 saturated carbocycles. The Balaban J connectivity index is 2.94. The second kappa shape index (κ2) is 4.96. The van der Waals surface area contributed by atoms with E-state index in [1.807, 2.05) is 25.1 Å². The summed E-state index contributed by atoms with van der Waals surface area (Å²) in [6.45, 7) is 2.14. The van der Waals surface area contributed by atoms with Crippen molar-refractivity contribution in [1.82, 2.24) is 4.98 Å². The molecule has 0 fully saturated rings. The minimum atomic E-state index is 0.103. The first-order chi connectivity index (χ1) is 6.66. The van der Waals surface area contributed by atoms with Crippen molar-refractivity contribution in [1.29, 1.82) is 0 Å². The first-order valence-corrected chi connectivity index (χ1v) is 5.04. The molecule has 3 heteroatoms. The lowest BCUT2D eigenvalue weighted by Gasteiger charge is -2.19.